The zero-order valence-corrected chi connectivity index (χ0v) is 10.0. The molecule has 0 N–H and O–H groups in total. The standard InChI is InChI=1S/C12H16N2S/c1-3-15-9-8-14-10(2)13-11-6-4-5-7-12(11)14/h4-7H,3,8-9H2,1-2H3. The van der Waals surface area contributed by atoms with E-state index in [0.717, 1.165) is 23.6 Å². The highest BCUT2D eigenvalue weighted by molar-refractivity contribution is 7.99. The number of fused-ring (bicyclic) bond motifs is 1. The minimum absolute atomic E-state index is 1.06. The van der Waals surface area contributed by atoms with E-state index in [0.29, 0.717) is 0 Å². The summed E-state index contributed by atoms with van der Waals surface area (Å²) in [5.74, 6) is 3.47. The van der Waals surface area contributed by atoms with Crippen LogP contribution in [0.3, 0.4) is 0 Å². The Morgan fingerprint density at radius 2 is 2.13 bits per heavy atom. The number of rotatable bonds is 4. The van der Waals surface area contributed by atoms with Crippen molar-refractivity contribution in [1.82, 2.24) is 9.55 Å². The molecule has 0 saturated heterocycles. The third-order valence-electron chi connectivity index (χ3n) is 2.51. The van der Waals surface area contributed by atoms with E-state index in [4.69, 9.17) is 0 Å². The molecule has 80 valence electrons. The largest absolute Gasteiger partial charge is 0.327 e. The molecule has 0 aliphatic rings. The van der Waals surface area contributed by atoms with E-state index in [2.05, 4.69) is 41.6 Å². The number of hydrogen-bond donors (Lipinski definition) is 0. The fourth-order valence-electron chi connectivity index (χ4n) is 1.78. The predicted molar refractivity (Wildman–Crippen MR) is 67.5 cm³/mol. The van der Waals surface area contributed by atoms with Gasteiger partial charge in [-0.05, 0) is 24.8 Å². The van der Waals surface area contributed by atoms with Gasteiger partial charge >= 0.3 is 0 Å². The number of imidazole rings is 1. The van der Waals surface area contributed by atoms with Crippen molar-refractivity contribution in [2.24, 2.45) is 0 Å². The SMILES string of the molecule is CCSCCn1c(C)nc2ccccc21. The molecule has 3 heteroatoms. The van der Waals surface area contributed by atoms with Crippen molar-refractivity contribution < 1.29 is 0 Å². The number of hydrogen-bond acceptors (Lipinski definition) is 2. The highest BCUT2D eigenvalue weighted by Gasteiger charge is 2.05. The topological polar surface area (TPSA) is 17.8 Å². The summed E-state index contributed by atoms with van der Waals surface area (Å²) in [6.45, 7) is 5.34. The molecule has 1 heterocycles. The number of nitrogens with zero attached hydrogens (tertiary/aromatic N) is 2. The number of aromatic nitrogens is 2. The molecule has 2 aromatic rings. The lowest BCUT2D eigenvalue weighted by Gasteiger charge is -2.05. The number of thioether (sulfide) groups is 1. The lowest BCUT2D eigenvalue weighted by molar-refractivity contribution is 0.761. The molecule has 0 saturated carbocycles. The molecule has 1 aromatic carbocycles. The van der Waals surface area contributed by atoms with E-state index in [9.17, 15) is 0 Å². The highest BCUT2D eigenvalue weighted by Crippen LogP contribution is 2.16. The Morgan fingerprint density at radius 3 is 2.93 bits per heavy atom. The van der Waals surface area contributed by atoms with Gasteiger partial charge in [0, 0.05) is 12.3 Å². The van der Waals surface area contributed by atoms with Gasteiger partial charge in [0.05, 0.1) is 11.0 Å². The number of aryl methyl sites for hydroxylation is 2. The van der Waals surface area contributed by atoms with E-state index in [1.165, 1.54) is 11.3 Å². The summed E-state index contributed by atoms with van der Waals surface area (Å²) >= 11 is 1.97. The lowest BCUT2D eigenvalue weighted by Crippen LogP contribution is -2.02. The van der Waals surface area contributed by atoms with E-state index in [1.54, 1.807) is 0 Å². The van der Waals surface area contributed by atoms with Crippen molar-refractivity contribution in [2.45, 2.75) is 20.4 Å². The minimum Gasteiger partial charge on any atom is -0.327 e. The molecular formula is C12H16N2S. The van der Waals surface area contributed by atoms with Crippen LogP contribution in [-0.2, 0) is 6.54 Å². The normalized spacial score (nSPS) is 11.1. The fraction of sp³-hybridized carbons (Fsp3) is 0.417. The first-order valence-electron chi connectivity index (χ1n) is 5.32. The van der Waals surface area contributed by atoms with Gasteiger partial charge in [0.25, 0.3) is 0 Å². The van der Waals surface area contributed by atoms with Gasteiger partial charge in [0.1, 0.15) is 5.82 Å². The Labute approximate surface area is 94.7 Å². The summed E-state index contributed by atoms with van der Waals surface area (Å²) in [7, 11) is 0. The molecule has 0 radical (unpaired) electrons. The van der Waals surface area contributed by atoms with Crippen LogP contribution in [0.5, 0.6) is 0 Å². The summed E-state index contributed by atoms with van der Waals surface area (Å²) in [5, 5.41) is 0. The van der Waals surface area contributed by atoms with Crippen LogP contribution >= 0.6 is 11.8 Å². The zero-order valence-electron chi connectivity index (χ0n) is 9.23. The Kier molecular flexibility index (Phi) is 3.31. The summed E-state index contributed by atoms with van der Waals surface area (Å²) in [6.07, 6.45) is 0. The van der Waals surface area contributed by atoms with Crippen molar-refractivity contribution in [1.29, 1.82) is 0 Å². The van der Waals surface area contributed by atoms with Gasteiger partial charge in [-0.2, -0.15) is 11.8 Å². The van der Waals surface area contributed by atoms with Crippen LogP contribution in [0.4, 0.5) is 0 Å². The van der Waals surface area contributed by atoms with Crippen LogP contribution in [0, 0.1) is 6.92 Å². The molecule has 2 rings (SSSR count). The molecule has 0 amide bonds. The van der Waals surface area contributed by atoms with Gasteiger partial charge in [-0.15, -0.1) is 0 Å². The third kappa shape index (κ3) is 2.17. The molecule has 0 aliphatic heterocycles. The Morgan fingerprint density at radius 1 is 1.33 bits per heavy atom. The fourth-order valence-corrected chi connectivity index (χ4v) is 2.38. The highest BCUT2D eigenvalue weighted by atomic mass is 32.2. The van der Waals surface area contributed by atoms with Crippen LogP contribution in [0.1, 0.15) is 12.7 Å². The van der Waals surface area contributed by atoms with E-state index in [1.807, 2.05) is 17.8 Å². The van der Waals surface area contributed by atoms with E-state index < -0.39 is 0 Å². The second kappa shape index (κ2) is 4.71. The molecule has 0 spiro atoms. The van der Waals surface area contributed by atoms with Gasteiger partial charge in [0.2, 0.25) is 0 Å². The average molecular weight is 220 g/mol. The van der Waals surface area contributed by atoms with Crippen molar-refractivity contribution >= 4 is 22.8 Å². The number of benzene rings is 1. The Balaban J connectivity index is 2.28. The predicted octanol–water partition coefficient (Wildman–Crippen LogP) is 3.10. The zero-order chi connectivity index (χ0) is 10.7. The van der Waals surface area contributed by atoms with Crippen molar-refractivity contribution in [3.63, 3.8) is 0 Å². The summed E-state index contributed by atoms with van der Waals surface area (Å²) in [4.78, 5) is 4.55. The van der Waals surface area contributed by atoms with Gasteiger partial charge in [-0.25, -0.2) is 4.98 Å². The molecule has 2 nitrogen and oxygen atoms in total. The molecule has 0 fully saturated rings. The van der Waals surface area contributed by atoms with Crippen LogP contribution < -0.4 is 0 Å². The summed E-state index contributed by atoms with van der Waals surface area (Å²) < 4.78 is 2.30. The maximum atomic E-state index is 4.55. The Bertz CT molecular complexity index is 448. The maximum Gasteiger partial charge on any atom is 0.106 e. The minimum atomic E-state index is 1.06. The first-order chi connectivity index (χ1) is 7.33. The van der Waals surface area contributed by atoms with Crippen LogP contribution in [-0.4, -0.2) is 21.1 Å². The molecule has 0 bridgehead atoms. The van der Waals surface area contributed by atoms with Gasteiger partial charge in [-0.1, -0.05) is 19.1 Å². The maximum absolute atomic E-state index is 4.55. The van der Waals surface area contributed by atoms with E-state index >= 15 is 0 Å². The molecule has 0 atom stereocenters. The van der Waals surface area contributed by atoms with E-state index in [-0.39, 0.29) is 0 Å². The third-order valence-corrected chi connectivity index (χ3v) is 3.39. The number of para-hydroxylation sites is 2. The van der Waals surface area contributed by atoms with Gasteiger partial charge in [0.15, 0.2) is 0 Å². The summed E-state index contributed by atoms with van der Waals surface area (Å²) in [6, 6.07) is 8.34. The second-order valence-electron chi connectivity index (χ2n) is 3.50. The molecule has 1 aromatic heterocycles. The average Bonchev–Trinajstić information content (AvgIpc) is 2.56. The van der Waals surface area contributed by atoms with Crippen LogP contribution in [0.15, 0.2) is 24.3 Å². The first-order valence-corrected chi connectivity index (χ1v) is 6.48. The van der Waals surface area contributed by atoms with Crippen LogP contribution in [0.25, 0.3) is 11.0 Å². The van der Waals surface area contributed by atoms with Crippen molar-refractivity contribution in [2.75, 3.05) is 11.5 Å². The molecule has 0 unspecified atom stereocenters. The second-order valence-corrected chi connectivity index (χ2v) is 4.89. The van der Waals surface area contributed by atoms with Crippen molar-refractivity contribution in [3.8, 4) is 0 Å². The van der Waals surface area contributed by atoms with Crippen molar-refractivity contribution in [3.05, 3.63) is 30.1 Å². The monoisotopic (exact) mass is 220 g/mol. The lowest BCUT2D eigenvalue weighted by atomic mass is 10.3. The quantitative estimate of drug-likeness (QED) is 0.737. The van der Waals surface area contributed by atoms with Gasteiger partial charge in [-0.3, -0.25) is 0 Å². The summed E-state index contributed by atoms with van der Waals surface area (Å²) in [5.41, 5.74) is 2.36. The van der Waals surface area contributed by atoms with Crippen LogP contribution in [0.2, 0.25) is 0 Å². The molecular weight excluding hydrogens is 204 g/mol. The smallest absolute Gasteiger partial charge is 0.106 e. The van der Waals surface area contributed by atoms with Gasteiger partial charge < -0.3 is 4.57 Å². The molecule has 15 heavy (non-hydrogen) atoms. The molecule has 0 aliphatic carbocycles. The first kappa shape index (κ1) is 10.6. The Hall–Kier alpha value is -0.960.